The first-order valence-electron chi connectivity index (χ1n) is 10.6. The molecule has 3 amide bonds. The van der Waals surface area contributed by atoms with Gasteiger partial charge in [-0.05, 0) is 31.0 Å². The molecular formula is C21H29FN4O4S. The monoisotopic (exact) mass is 452 g/mol. The maximum Gasteiger partial charge on any atom is 0.317 e. The fraction of sp³-hybridized carbons (Fsp3) is 0.524. The van der Waals surface area contributed by atoms with Crippen molar-refractivity contribution in [3.8, 4) is 0 Å². The van der Waals surface area contributed by atoms with Gasteiger partial charge in [0.1, 0.15) is 10.7 Å². The van der Waals surface area contributed by atoms with Crippen molar-refractivity contribution in [1.29, 1.82) is 0 Å². The number of hydrogen-bond donors (Lipinski definition) is 2. The number of carbonyl (C=O) groups is 2. The van der Waals surface area contributed by atoms with E-state index < -0.39 is 26.6 Å². The van der Waals surface area contributed by atoms with Crippen LogP contribution in [0.3, 0.4) is 0 Å². The SMILES string of the molecule is C=CCNS(=O)(=O)c1cc(C(=O)N2CCN(C(=O)NC3CCCCC3)CC2)ccc1F. The normalized spacial score (nSPS) is 18.0. The smallest absolute Gasteiger partial charge is 0.317 e. The molecule has 0 spiro atoms. The highest BCUT2D eigenvalue weighted by molar-refractivity contribution is 7.89. The van der Waals surface area contributed by atoms with E-state index in [4.69, 9.17) is 0 Å². The van der Waals surface area contributed by atoms with Crippen molar-refractivity contribution in [2.75, 3.05) is 32.7 Å². The maximum atomic E-state index is 14.1. The van der Waals surface area contributed by atoms with Crippen LogP contribution in [-0.4, -0.2) is 68.9 Å². The van der Waals surface area contributed by atoms with Crippen LogP contribution in [0.4, 0.5) is 9.18 Å². The number of sulfonamides is 1. The predicted octanol–water partition coefficient (Wildman–Crippen LogP) is 2.09. The number of piperazine rings is 1. The number of benzene rings is 1. The summed E-state index contributed by atoms with van der Waals surface area (Å²) in [4.78, 5) is 28.0. The fourth-order valence-corrected chi connectivity index (χ4v) is 5.00. The van der Waals surface area contributed by atoms with E-state index in [0.29, 0.717) is 26.2 Å². The maximum absolute atomic E-state index is 14.1. The first-order valence-corrected chi connectivity index (χ1v) is 12.0. The number of rotatable bonds is 6. The van der Waals surface area contributed by atoms with Gasteiger partial charge in [-0.25, -0.2) is 22.3 Å². The minimum absolute atomic E-state index is 0.0508. The molecule has 0 aromatic heterocycles. The number of hydrogen-bond acceptors (Lipinski definition) is 4. The van der Waals surface area contributed by atoms with Gasteiger partial charge in [0.05, 0.1) is 0 Å². The largest absolute Gasteiger partial charge is 0.335 e. The van der Waals surface area contributed by atoms with Crippen LogP contribution in [0.1, 0.15) is 42.5 Å². The molecule has 0 radical (unpaired) electrons. The van der Waals surface area contributed by atoms with Gasteiger partial charge in [0.2, 0.25) is 10.0 Å². The summed E-state index contributed by atoms with van der Waals surface area (Å²) in [6.07, 6.45) is 6.82. The zero-order chi connectivity index (χ0) is 22.4. The van der Waals surface area contributed by atoms with E-state index in [-0.39, 0.29) is 24.2 Å². The van der Waals surface area contributed by atoms with Gasteiger partial charge in [-0.3, -0.25) is 4.79 Å². The quantitative estimate of drug-likeness (QED) is 0.646. The molecule has 1 aliphatic heterocycles. The van der Waals surface area contributed by atoms with Crippen molar-refractivity contribution in [3.63, 3.8) is 0 Å². The zero-order valence-corrected chi connectivity index (χ0v) is 18.3. The molecule has 1 aliphatic carbocycles. The Bertz CT molecular complexity index is 923. The Labute approximate surface area is 182 Å². The van der Waals surface area contributed by atoms with Crippen LogP contribution < -0.4 is 10.0 Å². The lowest BCUT2D eigenvalue weighted by Crippen LogP contribution is -2.54. The molecule has 1 heterocycles. The molecule has 2 fully saturated rings. The average molecular weight is 453 g/mol. The summed E-state index contributed by atoms with van der Waals surface area (Å²) in [5.41, 5.74) is 0.0838. The molecule has 0 bridgehead atoms. The zero-order valence-electron chi connectivity index (χ0n) is 17.5. The van der Waals surface area contributed by atoms with E-state index in [1.54, 1.807) is 9.80 Å². The van der Waals surface area contributed by atoms with Gasteiger partial charge >= 0.3 is 6.03 Å². The van der Waals surface area contributed by atoms with Gasteiger partial charge in [-0.2, -0.15) is 0 Å². The second-order valence-electron chi connectivity index (χ2n) is 7.85. The van der Waals surface area contributed by atoms with Crippen LogP contribution in [0, 0.1) is 5.82 Å². The van der Waals surface area contributed by atoms with Crippen LogP contribution in [0.5, 0.6) is 0 Å². The minimum atomic E-state index is -4.10. The molecule has 31 heavy (non-hydrogen) atoms. The van der Waals surface area contributed by atoms with Gasteiger partial charge < -0.3 is 15.1 Å². The molecule has 8 nitrogen and oxygen atoms in total. The lowest BCUT2D eigenvalue weighted by atomic mass is 9.96. The van der Waals surface area contributed by atoms with E-state index >= 15 is 0 Å². The van der Waals surface area contributed by atoms with Crippen molar-refractivity contribution >= 4 is 22.0 Å². The van der Waals surface area contributed by atoms with Crippen molar-refractivity contribution in [1.82, 2.24) is 19.8 Å². The molecule has 2 N–H and O–H groups in total. The molecule has 3 rings (SSSR count). The van der Waals surface area contributed by atoms with Crippen molar-refractivity contribution in [3.05, 3.63) is 42.2 Å². The van der Waals surface area contributed by atoms with Crippen LogP contribution in [0.25, 0.3) is 0 Å². The fourth-order valence-electron chi connectivity index (χ4n) is 3.90. The van der Waals surface area contributed by atoms with Crippen molar-refractivity contribution in [2.24, 2.45) is 0 Å². The third-order valence-corrected chi connectivity index (χ3v) is 7.11. The Kier molecular flexibility index (Phi) is 7.66. The van der Waals surface area contributed by atoms with Crippen LogP contribution in [-0.2, 0) is 10.0 Å². The summed E-state index contributed by atoms with van der Waals surface area (Å²) >= 11 is 0. The summed E-state index contributed by atoms with van der Waals surface area (Å²) in [6, 6.07) is 3.40. The molecule has 10 heteroatoms. The lowest BCUT2D eigenvalue weighted by molar-refractivity contribution is 0.0662. The number of nitrogens with one attached hydrogen (secondary N) is 2. The molecule has 2 aliphatic rings. The van der Waals surface area contributed by atoms with E-state index in [1.165, 1.54) is 18.6 Å². The molecule has 170 valence electrons. The first kappa shape index (κ1) is 23.2. The van der Waals surface area contributed by atoms with Crippen LogP contribution in [0.15, 0.2) is 35.7 Å². The van der Waals surface area contributed by atoms with Crippen molar-refractivity contribution in [2.45, 2.75) is 43.0 Å². The van der Waals surface area contributed by atoms with Gasteiger partial charge in [0.25, 0.3) is 5.91 Å². The van der Waals surface area contributed by atoms with Gasteiger partial charge in [0.15, 0.2) is 0 Å². The second-order valence-corrected chi connectivity index (χ2v) is 9.58. The molecule has 1 aromatic rings. The van der Waals surface area contributed by atoms with Gasteiger partial charge in [-0.15, -0.1) is 6.58 Å². The summed E-state index contributed by atoms with van der Waals surface area (Å²) in [6.45, 7) is 4.80. The third-order valence-electron chi connectivity index (χ3n) is 5.67. The predicted molar refractivity (Wildman–Crippen MR) is 115 cm³/mol. The number of nitrogens with zero attached hydrogens (tertiary/aromatic N) is 2. The summed E-state index contributed by atoms with van der Waals surface area (Å²) in [5.74, 6) is -1.33. The number of carbonyl (C=O) groups excluding carboxylic acids is 2. The van der Waals surface area contributed by atoms with Gasteiger partial charge in [-0.1, -0.05) is 25.3 Å². The average Bonchev–Trinajstić information content (AvgIpc) is 2.78. The molecular weight excluding hydrogens is 423 g/mol. The standard InChI is InChI=1S/C21H29FN4O4S/c1-2-10-23-31(29,30)19-15-16(8-9-18(19)22)20(27)25-11-13-26(14-12-25)21(28)24-17-6-4-3-5-7-17/h2,8-9,15,17,23H,1,3-7,10-14H2,(H,24,28). The highest BCUT2D eigenvalue weighted by atomic mass is 32.2. The van der Waals surface area contributed by atoms with Crippen LogP contribution in [0.2, 0.25) is 0 Å². The Morgan fingerprint density at radius 3 is 2.39 bits per heavy atom. The Morgan fingerprint density at radius 2 is 1.74 bits per heavy atom. The Balaban J connectivity index is 1.61. The first-order chi connectivity index (χ1) is 14.8. The van der Waals surface area contributed by atoms with E-state index in [1.807, 2.05) is 0 Å². The molecule has 1 aromatic carbocycles. The minimum Gasteiger partial charge on any atom is -0.335 e. The highest BCUT2D eigenvalue weighted by Gasteiger charge is 2.28. The number of halogens is 1. The van der Waals surface area contributed by atoms with E-state index in [0.717, 1.165) is 37.8 Å². The molecule has 0 unspecified atom stereocenters. The highest BCUT2D eigenvalue weighted by Crippen LogP contribution is 2.20. The van der Waals surface area contributed by atoms with E-state index in [2.05, 4.69) is 16.6 Å². The third kappa shape index (κ3) is 5.82. The lowest BCUT2D eigenvalue weighted by Gasteiger charge is -2.36. The van der Waals surface area contributed by atoms with Crippen molar-refractivity contribution < 1.29 is 22.4 Å². The number of amides is 3. The molecule has 1 saturated heterocycles. The van der Waals surface area contributed by atoms with Gasteiger partial charge in [0, 0.05) is 44.3 Å². The molecule has 0 atom stereocenters. The summed E-state index contributed by atoms with van der Waals surface area (Å²) in [7, 11) is -4.10. The number of urea groups is 1. The Morgan fingerprint density at radius 1 is 1.10 bits per heavy atom. The van der Waals surface area contributed by atoms with Crippen LogP contribution >= 0.6 is 0 Å². The topological polar surface area (TPSA) is 98.8 Å². The summed E-state index contributed by atoms with van der Waals surface area (Å²) < 4.78 is 40.9. The summed E-state index contributed by atoms with van der Waals surface area (Å²) in [5, 5.41) is 3.07. The van der Waals surface area contributed by atoms with E-state index in [9.17, 15) is 22.4 Å². The molecule has 1 saturated carbocycles. The second kappa shape index (κ2) is 10.2. The Hall–Kier alpha value is -2.46.